The van der Waals surface area contributed by atoms with Crippen molar-refractivity contribution < 1.29 is 39.8 Å². The van der Waals surface area contributed by atoms with Crippen molar-refractivity contribution in [1.29, 1.82) is 0 Å². The van der Waals surface area contributed by atoms with Gasteiger partial charge >= 0.3 is 0 Å². The number of carbonyl (C=O) groups is 1. The highest BCUT2D eigenvalue weighted by atomic mass is 16.7. The predicted molar refractivity (Wildman–Crippen MR) is 359 cm³/mol. The van der Waals surface area contributed by atoms with Crippen molar-refractivity contribution in [3.8, 4) is 0 Å². The van der Waals surface area contributed by atoms with Crippen LogP contribution in [0.25, 0.3) is 0 Å². The number of amides is 1. The van der Waals surface area contributed by atoms with Crippen LogP contribution in [0.4, 0.5) is 0 Å². The van der Waals surface area contributed by atoms with Crippen molar-refractivity contribution in [3.63, 3.8) is 0 Å². The minimum Gasteiger partial charge on any atom is -0.394 e. The van der Waals surface area contributed by atoms with E-state index in [0.29, 0.717) is 12.8 Å². The molecule has 1 aliphatic heterocycles. The van der Waals surface area contributed by atoms with Gasteiger partial charge in [0.25, 0.3) is 0 Å². The molecule has 1 heterocycles. The van der Waals surface area contributed by atoms with Crippen molar-refractivity contribution in [2.24, 2.45) is 0 Å². The lowest BCUT2D eigenvalue weighted by molar-refractivity contribution is -0.302. The van der Waals surface area contributed by atoms with E-state index in [2.05, 4.69) is 153 Å². The monoisotopic (exact) mass is 1170 g/mol. The standard InChI is InChI=1S/C75H127NO8/c1-3-5-7-9-11-13-15-17-19-21-23-25-27-29-30-31-32-33-34-35-36-37-38-39-40-41-43-45-47-49-51-53-55-57-59-61-63-65-71(79)76-68(67-83-75-74(82)73(81)72(80)70(66-77)84-75)69(78)64-62-60-58-56-54-52-50-48-46-44-42-28-26-24-22-20-18-16-14-12-10-8-6-4-2/h5,7,11,13,17,19,23,25,29-30,32-33,35-36,38-39,41,43,47,49,53,55,68-70,72-75,77-78,80-82H,3-4,6,8-10,12,14-16,18,20-22,24,26-28,31,34,37,40,42,44-46,48,50-52,54,56-67H2,1-2H3,(H,76,79)/b7-5-,13-11-,19-17-,25-23-,30-29-,33-32-,36-35-,39-38-,43-41-,49-47-,55-53-. The van der Waals surface area contributed by atoms with E-state index in [4.69, 9.17) is 9.47 Å². The van der Waals surface area contributed by atoms with Crippen LogP contribution in [-0.2, 0) is 14.3 Å². The lowest BCUT2D eigenvalue weighted by atomic mass is 9.99. The van der Waals surface area contributed by atoms with Gasteiger partial charge in [-0.3, -0.25) is 4.79 Å². The number of hydrogen-bond acceptors (Lipinski definition) is 8. The van der Waals surface area contributed by atoms with Gasteiger partial charge in [-0.15, -0.1) is 0 Å². The Labute approximate surface area is 515 Å². The first kappa shape index (κ1) is 78.3. The summed E-state index contributed by atoms with van der Waals surface area (Å²) in [6, 6.07) is -0.749. The maximum Gasteiger partial charge on any atom is 0.220 e. The SMILES string of the molecule is CC/C=C\C/C=C\C/C=C\C/C=C\C/C=C\C/C=C\C/C=C\C/C=C\C/C=C\C/C=C\C/C=C\CCCCCC(=O)NC(COC1OC(CO)C(O)C(O)C1O)C(O)CCCCCCCCCCCCCCCCCCCCCCCCCC. The largest absolute Gasteiger partial charge is 0.394 e. The molecular weight excluding hydrogens is 1040 g/mol. The molecule has 1 amide bonds. The van der Waals surface area contributed by atoms with E-state index < -0.39 is 49.5 Å². The fourth-order valence-corrected chi connectivity index (χ4v) is 10.2. The molecule has 1 saturated heterocycles. The maximum absolute atomic E-state index is 13.1. The number of rotatable bonds is 58. The molecule has 480 valence electrons. The van der Waals surface area contributed by atoms with Gasteiger partial charge in [0.1, 0.15) is 24.4 Å². The average molecular weight is 1170 g/mol. The Bertz CT molecular complexity index is 1790. The summed E-state index contributed by atoms with van der Waals surface area (Å²) in [4.78, 5) is 13.1. The molecule has 6 N–H and O–H groups in total. The zero-order valence-electron chi connectivity index (χ0n) is 53.6. The molecule has 84 heavy (non-hydrogen) atoms. The first-order chi connectivity index (χ1) is 41.3. The Balaban J connectivity index is 2.20. The molecule has 1 aliphatic rings. The number of nitrogens with one attached hydrogen (secondary N) is 1. The summed E-state index contributed by atoms with van der Waals surface area (Å²) < 4.78 is 11.3. The molecular formula is C75H127NO8. The molecule has 9 nitrogen and oxygen atoms in total. The number of unbranched alkanes of at least 4 members (excludes halogenated alkanes) is 26. The molecule has 9 heteroatoms. The highest BCUT2D eigenvalue weighted by Gasteiger charge is 2.44. The van der Waals surface area contributed by atoms with Crippen LogP contribution in [0, 0.1) is 0 Å². The summed E-state index contributed by atoms with van der Waals surface area (Å²) in [5, 5.41) is 54.9. The van der Waals surface area contributed by atoms with Gasteiger partial charge in [-0.1, -0.05) is 308 Å². The number of aliphatic hydroxyl groups excluding tert-OH is 5. The second-order valence-electron chi connectivity index (χ2n) is 23.2. The van der Waals surface area contributed by atoms with Gasteiger partial charge in [0.15, 0.2) is 6.29 Å². The lowest BCUT2D eigenvalue weighted by Crippen LogP contribution is -2.60. The van der Waals surface area contributed by atoms with E-state index in [1.165, 1.54) is 135 Å². The van der Waals surface area contributed by atoms with Crippen LogP contribution in [0.2, 0.25) is 0 Å². The molecule has 0 spiro atoms. The first-order valence-electron chi connectivity index (χ1n) is 34.4. The van der Waals surface area contributed by atoms with Crippen LogP contribution in [0.15, 0.2) is 134 Å². The quantitative estimate of drug-likeness (QED) is 0.0261. The van der Waals surface area contributed by atoms with E-state index in [9.17, 15) is 30.3 Å². The van der Waals surface area contributed by atoms with E-state index in [0.717, 1.165) is 116 Å². The molecule has 0 radical (unpaired) electrons. The fourth-order valence-electron chi connectivity index (χ4n) is 10.2. The third kappa shape index (κ3) is 50.5. The minimum absolute atomic E-state index is 0.159. The van der Waals surface area contributed by atoms with E-state index in [-0.39, 0.29) is 12.5 Å². The molecule has 0 aromatic carbocycles. The number of allylic oxidation sites excluding steroid dienone is 22. The number of aliphatic hydroxyl groups is 5. The normalized spacial score (nSPS) is 19.1. The van der Waals surface area contributed by atoms with E-state index in [1.807, 2.05) is 0 Å². The second-order valence-corrected chi connectivity index (χ2v) is 23.2. The first-order valence-corrected chi connectivity index (χ1v) is 34.4. The van der Waals surface area contributed by atoms with Gasteiger partial charge in [-0.2, -0.15) is 0 Å². The molecule has 1 fully saturated rings. The van der Waals surface area contributed by atoms with Crippen molar-refractivity contribution in [2.45, 2.75) is 320 Å². The summed E-state index contributed by atoms with van der Waals surface area (Å²) >= 11 is 0. The Morgan fingerprint density at radius 1 is 0.417 bits per heavy atom. The number of ether oxygens (including phenoxy) is 2. The Morgan fingerprint density at radius 3 is 1.08 bits per heavy atom. The summed E-state index contributed by atoms with van der Waals surface area (Å²) in [7, 11) is 0. The predicted octanol–water partition coefficient (Wildman–Crippen LogP) is 18.8. The molecule has 0 aromatic rings. The Kier molecular flexibility index (Phi) is 58.2. The average Bonchev–Trinajstić information content (AvgIpc) is 3.70. The topological polar surface area (TPSA) is 149 Å². The summed E-state index contributed by atoms with van der Waals surface area (Å²) in [6.07, 6.45) is 87.9. The molecule has 0 saturated carbocycles. The van der Waals surface area contributed by atoms with Gasteiger partial charge in [-0.25, -0.2) is 0 Å². The van der Waals surface area contributed by atoms with Gasteiger partial charge in [0.05, 0.1) is 25.4 Å². The molecule has 0 bridgehead atoms. The van der Waals surface area contributed by atoms with Crippen LogP contribution >= 0.6 is 0 Å². The smallest absolute Gasteiger partial charge is 0.220 e. The molecule has 1 rings (SSSR count). The Hall–Kier alpha value is -3.67. The van der Waals surface area contributed by atoms with Crippen molar-refractivity contribution in [3.05, 3.63) is 134 Å². The second kappa shape index (κ2) is 62.4. The van der Waals surface area contributed by atoms with Gasteiger partial charge in [-0.05, 0) is 96.3 Å². The summed E-state index contributed by atoms with van der Waals surface area (Å²) in [6.45, 7) is 3.72. The lowest BCUT2D eigenvalue weighted by Gasteiger charge is -2.40. The van der Waals surface area contributed by atoms with Gasteiger partial charge in [0, 0.05) is 6.42 Å². The third-order valence-electron chi connectivity index (χ3n) is 15.5. The summed E-state index contributed by atoms with van der Waals surface area (Å²) in [5.41, 5.74) is 0. The van der Waals surface area contributed by atoms with Crippen LogP contribution in [0.5, 0.6) is 0 Å². The molecule has 7 atom stereocenters. The highest BCUT2D eigenvalue weighted by molar-refractivity contribution is 5.76. The number of hydrogen-bond donors (Lipinski definition) is 6. The van der Waals surface area contributed by atoms with Crippen LogP contribution in [-0.4, -0.2) is 87.5 Å². The van der Waals surface area contributed by atoms with Crippen LogP contribution in [0.1, 0.15) is 277 Å². The van der Waals surface area contributed by atoms with Crippen molar-refractivity contribution in [2.75, 3.05) is 13.2 Å². The van der Waals surface area contributed by atoms with E-state index in [1.54, 1.807) is 0 Å². The molecule has 0 aliphatic carbocycles. The van der Waals surface area contributed by atoms with Crippen molar-refractivity contribution >= 4 is 5.91 Å². The molecule has 7 unspecified atom stereocenters. The fraction of sp³-hybridized carbons (Fsp3) is 0.693. The minimum atomic E-state index is -1.57. The van der Waals surface area contributed by atoms with Crippen LogP contribution in [0.3, 0.4) is 0 Å². The summed E-state index contributed by atoms with van der Waals surface area (Å²) in [5.74, 6) is -0.178. The highest BCUT2D eigenvalue weighted by Crippen LogP contribution is 2.23. The molecule has 0 aromatic heterocycles. The Morgan fingerprint density at radius 2 is 0.738 bits per heavy atom. The zero-order chi connectivity index (χ0) is 60.7. The van der Waals surface area contributed by atoms with Gasteiger partial charge < -0.3 is 40.3 Å². The zero-order valence-corrected chi connectivity index (χ0v) is 53.6. The van der Waals surface area contributed by atoms with Crippen LogP contribution < -0.4 is 5.32 Å². The number of carbonyl (C=O) groups excluding carboxylic acids is 1. The van der Waals surface area contributed by atoms with Crippen molar-refractivity contribution in [1.82, 2.24) is 5.32 Å². The third-order valence-corrected chi connectivity index (χ3v) is 15.5. The van der Waals surface area contributed by atoms with E-state index >= 15 is 0 Å². The van der Waals surface area contributed by atoms with Gasteiger partial charge in [0.2, 0.25) is 5.91 Å². The maximum atomic E-state index is 13.1.